The lowest BCUT2D eigenvalue weighted by molar-refractivity contribution is -0.134. The van der Waals surface area contributed by atoms with Crippen molar-refractivity contribution in [2.45, 2.75) is 19.0 Å². The number of carbonyl (C=O) groups excluding carboxylic acids is 1. The lowest BCUT2D eigenvalue weighted by Gasteiger charge is -2.24. The second-order valence-electron chi connectivity index (χ2n) is 8.34. The van der Waals surface area contributed by atoms with Gasteiger partial charge in [0.1, 0.15) is 35.5 Å². The molecule has 0 fully saturated rings. The number of nitrogens with zero attached hydrogens (tertiary/aromatic N) is 3. The predicted octanol–water partition coefficient (Wildman–Crippen LogP) is 4.60. The van der Waals surface area contributed by atoms with E-state index in [1.165, 1.54) is 0 Å². The molecule has 0 radical (unpaired) electrons. The molecule has 4 aromatic rings. The molecule has 1 unspecified atom stereocenters. The van der Waals surface area contributed by atoms with Gasteiger partial charge in [-0.1, -0.05) is 36.4 Å². The third-order valence-electron chi connectivity index (χ3n) is 6.14. The van der Waals surface area contributed by atoms with Crippen molar-refractivity contribution >= 4 is 22.6 Å². The molecular weight excluding hydrogens is 418 g/mol. The Morgan fingerprint density at radius 1 is 1.06 bits per heavy atom. The van der Waals surface area contributed by atoms with Crippen molar-refractivity contribution < 1.29 is 18.4 Å². The number of hydrogen-bond acceptors (Lipinski definition) is 6. The van der Waals surface area contributed by atoms with Crippen LogP contribution in [0.3, 0.4) is 0 Å². The maximum atomic E-state index is 13.5. The van der Waals surface area contributed by atoms with E-state index in [9.17, 15) is 4.79 Å². The number of fused-ring (bicyclic) bond motifs is 2. The molecule has 1 atom stereocenters. The lowest BCUT2D eigenvalue weighted by Crippen LogP contribution is -2.38. The maximum Gasteiger partial charge on any atom is 0.257 e. The van der Waals surface area contributed by atoms with E-state index < -0.39 is 0 Å². The molecule has 2 aromatic carbocycles. The highest BCUT2D eigenvalue weighted by molar-refractivity contribution is 6.03. The van der Waals surface area contributed by atoms with Crippen LogP contribution in [0.2, 0.25) is 0 Å². The molecule has 166 valence electrons. The molecule has 0 saturated carbocycles. The molecule has 2 aromatic heterocycles. The number of furan rings is 2. The van der Waals surface area contributed by atoms with Gasteiger partial charge in [-0.25, -0.2) is 5.01 Å². The van der Waals surface area contributed by atoms with E-state index >= 15 is 0 Å². The first-order valence-corrected chi connectivity index (χ1v) is 11.1. The predicted molar refractivity (Wildman–Crippen MR) is 123 cm³/mol. The minimum absolute atomic E-state index is 0.0816. The Kier molecular flexibility index (Phi) is 4.96. The number of amides is 1. The average molecular weight is 441 g/mol. The topological polar surface area (TPSA) is 71.4 Å². The van der Waals surface area contributed by atoms with Gasteiger partial charge in [0, 0.05) is 30.5 Å². The molecule has 0 bridgehead atoms. The second-order valence-corrected chi connectivity index (χ2v) is 8.34. The Morgan fingerprint density at radius 2 is 1.94 bits per heavy atom. The monoisotopic (exact) mass is 441 g/mol. The largest absolute Gasteiger partial charge is 0.492 e. The number of rotatable bonds is 4. The highest BCUT2D eigenvalue weighted by atomic mass is 16.5. The van der Waals surface area contributed by atoms with Crippen LogP contribution < -0.4 is 4.74 Å². The summed E-state index contributed by atoms with van der Waals surface area (Å²) >= 11 is 0. The standard InChI is InChI=1S/C26H23N3O4/c30-26(17-28-11-13-32-22-8-3-2-7-19(22)16-28)29-21(24-10-5-12-31-24)15-20(27-29)25-14-18-6-1-4-9-23(18)33-25/h1-10,12,14,21H,11,13,15-17H2. The summed E-state index contributed by atoms with van der Waals surface area (Å²) in [5, 5.41) is 7.28. The number of hydrogen-bond donors (Lipinski definition) is 0. The number of carbonyl (C=O) groups is 1. The second kappa shape index (κ2) is 8.26. The third-order valence-corrected chi connectivity index (χ3v) is 6.14. The van der Waals surface area contributed by atoms with Crippen molar-refractivity contribution in [3.63, 3.8) is 0 Å². The lowest BCUT2D eigenvalue weighted by atomic mass is 10.1. The SMILES string of the molecule is O=C(CN1CCOc2ccccc2C1)N1N=C(c2cc3ccccc3o2)CC1c1ccco1. The molecule has 0 N–H and O–H groups in total. The summed E-state index contributed by atoms with van der Waals surface area (Å²) in [7, 11) is 0. The number of para-hydroxylation sites is 2. The molecule has 0 saturated heterocycles. The van der Waals surface area contributed by atoms with Crippen LogP contribution in [0.1, 0.15) is 29.5 Å². The summed E-state index contributed by atoms with van der Waals surface area (Å²) in [6, 6.07) is 21.2. The van der Waals surface area contributed by atoms with E-state index in [1.807, 2.05) is 66.7 Å². The fraction of sp³-hybridized carbons (Fsp3) is 0.231. The Morgan fingerprint density at radius 3 is 2.82 bits per heavy atom. The van der Waals surface area contributed by atoms with E-state index in [1.54, 1.807) is 11.3 Å². The van der Waals surface area contributed by atoms with Crippen molar-refractivity contribution in [2.75, 3.05) is 19.7 Å². The van der Waals surface area contributed by atoms with Gasteiger partial charge in [0.2, 0.25) is 0 Å². The minimum atomic E-state index is -0.300. The normalized spacial score (nSPS) is 18.6. The first-order valence-electron chi connectivity index (χ1n) is 11.1. The van der Waals surface area contributed by atoms with Crippen molar-refractivity contribution in [3.8, 4) is 5.75 Å². The summed E-state index contributed by atoms with van der Waals surface area (Å²) < 4.78 is 17.5. The molecular formula is C26H23N3O4. The van der Waals surface area contributed by atoms with Crippen LogP contribution in [0.25, 0.3) is 11.0 Å². The molecule has 7 nitrogen and oxygen atoms in total. The van der Waals surface area contributed by atoms with Gasteiger partial charge in [0.15, 0.2) is 5.76 Å². The first kappa shape index (κ1) is 19.8. The fourth-order valence-electron chi connectivity index (χ4n) is 4.49. The van der Waals surface area contributed by atoms with Gasteiger partial charge in [-0.15, -0.1) is 0 Å². The van der Waals surface area contributed by atoms with Gasteiger partial charge in [0.25, 0.3) is 5.91 Å². The maximum absolute atomic E-state index is 13.5. The quantitative estimate of drug-likeness (QED) is 0.463. The summed E-state index contributed by atoms with van der Waals surface area (Å²) in [6.07, 6.45) is 2.16. The zero-order chi connectivity index (χ0) is 22.2. The number of ether oxygens (including phenoxy) is 1. The summed E-state index contributed by atoms with van der Waals surface area (Å²) in [4.78, 5) is 15.6. The summed E-state index contributed by atoms with van der Waals surface area (Å²) in [5.74, 6) is 2.19. The molecule has 0 spiro atoms. The number of benzene rings is 2. The van der Waals surface area contributed by atoms with Crippen molar-refractivity contribution in [1.29, 1.82) is 0 Å². The van der Waals surface area contributed by atoms with E-state index in [-0.39, 0.29) is 18.5 Å². The zero-order valence-electron chi connectivity index (χ0n) is 18.0. The van der Waals surface area contributed by atoms with Gasteiger partial charge in [-0.3, -0.25) is 9.69 Å². The van der Waals surface area contributed by atoms with Crippen LogP contribution in [-0.4, -0.2) is 41.2 Å². The third kappa shape index (κ3) is 3.81. The Hall–Kier alpha value is -3.84. The average Bonchev–Trinajstić information content (AvgIpc) is 3.56. The summed E-state index contributed by atoms with van der Waals surface area (Å²) in [5.41, 5.74) is 2.63. The molecule has 2 aliphatic heterocycles. The molecule has 0 aliphatic carbocycles. The highest BCUT2D eigenvalue weighted by Crippen LogP contribution is 2.34. The van der Waals surface area contributed by atoms with Crippen LogP contribution in [0, 0.1) is 0 Å². The molecule has 7 heteroatoms. The summed E-state index contributed by atoms with van der Waals surface area (Å²) in [6.45, 7) is 2.10. The van der Waals surface area contributed by atoms with Crippen molar-refractivity contribution in [1.82, 2.24) is 9.91 Å². The van der Waals surface area contributed by atoms with E-state index in [4.69, 9.17) is 18.7 Å². The molecule has 1 amide bonds. The molecule has 33 heavy (non-hydrogen) atoms. The molecule has 6 rings (SSSR count). The van der Waals surface area contributed by atoms with Gasteiger partial charge in [-0.05, 0) is 30.3 Å². The van der Waals surface area contributed by atoms with Crippen LogP contribution in [0.5, 0.6) is 5.75 Å². The van der Waals surface area contributed by atoms with Gasteiger partial charge < -0.3 is 13.6 Å². The number of hydrazone groups is 1. The minimum Gasteiger partial charge on any atom is -0.492 e. The van der Waals surface area contributed by atoms with E-state index in [2.05, 4.69) is 4.90 Å². The van der Waals surface area contributed by atoms with E-state index in [0.717, 1.165) is 28.0 Å². The fourth-order valence-corrected chi connectivity index (χ4v) is 4.49. The Balaban J connectivity index is 1.27. The molecule has 4 heterocycles. The van der Waals surface area contributed by atoms with Crippen molar-refractivity contribution in [2.24, 2.45) is 5.10 Å². The van der Waals surface area contributed by atoms with E-state index in [0.29, 0.717) is 37.6 Å². The van der Waals surface area contributed by atoms with Crippen LogP contribution in [-0.2, 0) is 11.3 Å². The van der Waals surface area contributed by atoms with Crippen LogP contribution >= 0.6 is 0 Å². The van der Waals surface area contributed by atoms with Gasteiger partial charge >= 0.3 is 0 Å². The van der Waals surface area contributed by atoms with Gasteiger partial charge in [0.05, 0.1) is 12.8 Å². The van der Waals surface area contributed by atoms with Crippen LogP contribution in [0.15, 0.2) is 86.9 Å². The first-order chi connectivity index (χ1) is 16.2. The smallest absolute Gasteiger partial charge is 0.257 e. The van der Waals surface area contributed by atoms with Crippen molar-refractivity contribution in [3.05, 3.63) is 90.1 Å². The van der Waals surface area contributed by atoms with Gasteiger partial charge in [-0.2, -0.15) is 5.10 Å². The molecule has 2 aliphatic rings. The van der Waals surface area contributed by atoms with Crippen LogP contribution in [0.4, 0.5) is 0 Å². The zero-order valence-corrected chi connectivity index (χ0v) is 18.0. The highest BCUT2D eigenvalue weighted by Gasteiger charge is 2.36. The Labute approximate surface area is 190 Å². The Bertz CT molecular complexity index is 1290.